The molecule has 0 aliphatic rings. The Balaban J connectivity index is 3.16. The van der Waals surface area contributed by atoms with Gasteiger partial charge in [0.15, 0.2) is 0 Å². The van der Waals surface area contributed by atoms with Crippen molar-refractivity contribution in [2.75, 3.05) is 6.61 Å². The Morgan fingerprint density at radius 2 is 2.36 bits per heavy atom. The molecule has 0 bridgehead atoms. The van der Waals surface area contributed by atoms with Crippen LogP contribution in [0.3, 0.4) is 0 Å². The van der Waals surface area contributed by atoms with Crippen LogP contribution < -0.4 is 4.74 Å². The van der Waals surface area contributed by atoms with Gasteiger partial charge in [-0.1, -0.05) is 0 Å². The fourth-order valence-corrected chi connectivity index (χ4v) is 1.01. The molecule has 1 aromatic carbocycles. The first-order chi connectivity index (χ1) is 6.69. The maximum atomic E-state index is 10.5. The number of ether oxygens (including phenoxy) is 1. The molecule has 0 atom stereocenters. The van der Waals surface area contributed by atoms with Gasteiger partial charge in [-0.15, -0.1) is 0 Å². The smallest absolute Gasteiger partial charge is 0.290 e. The number of nitrogens with zero attached hydrogens (tertiary/aromatic N) is 2. The van der Waals surface area contributed by atoms with Crippen LogP contribution in [0.25, 0.3) is 0 Å². The standard InChI is InChI=1S/C9H8N2O3/c1-2-14-8-4-3-7(6-10)9(5-8)11(12)13/h3-5H,2H2,1H3. The third-order valence-corrected chi connectivity index (χ3v) is 1.60. The quantitative estimate of drug-likeness (QED) is 0.541. The zero-order valence-electron chi connectivity index (χ0n) is 7.56. The molecule has 0 aromatic heterocycles. The molecule has 0 N–H and O–H groups in total. The lowest BCUT2D eigenvalue weighted by Crippen LogP contribution is -1.95. The molecule has 0 saturated heterocycles. The Bertz CT molecular complexity index is 396. The highest BCUT2D eigenvalue weighted by molar-refractivity contribution is 5.52. The Morgan fingerprint density at radius 3 is 2.86 bits per heavy atom. The van der Waals surface area contributed by atoms with E-state index in [1.807, 2.05) is 0 Å². The molecule has 72 valence electrons. The summed E-state index contributed by atoms with van der Waals surface area (Å²) in [6.07, 6.45) is 0. The molecule has 0 aliphatic carbocycles. The molecule has 0 heterocycles. The minimum Gasteiger partial charge on any atom is -0.494 e. The van der Waals surface area contributed by atoms with Crippen molar-refractivity contribution < 1.29 is 9.66 Å². The van der Waals surface area contributed by atoms with Crippen molar-refractivity contribution >= 4 is 5.69 Å². The van der Waals surface area contributed by atoms with Crippen LogP contribution in [0.15, 0.2) is 18.2 Å². The van der Waals surface area contributed by atoms with Crippen molar-refractivity contribution in [2.24, 2.45) is 0 Å². The Labute approximate surface area is 80.7 Å². The van der Waals surface area contributed by atoms with Gasteiger partial charge in [-0.2, -0.15) is 5.26 Å². The molecule has 0 radical (unpaired) electrons. The van der Waals surface area contributed by atoms with Crippen LogP contribution >= 0.6 is 0 Å². The Kier molecular flexibility index (Phi) is 3.02. The lowest BCUT2D eigenvalue weighted by Gasteiger charge is -2.02. The Hall–Kier alpha value is -2.09. The predicted octanol–water partition coefficient (Wildman–Crippen LogP) is 1.87. The van der Waals surface area contributed by atoms with E-state index < -0.39 is 4.92 Å². The highest BCUT2D eigenvalue weighted by Gasteiger charge is 2.14. The van der Waals surface area contributed by atoms with E-state index in [1.165, 1.54) is 18.2 Å². The number of rotatable bonds is 3. The van der Waals surface area contributed by atoms with Gasteiger partial charge in [-0.05, 0) is 19.1 Å². The SMILES string of the molecule is CCOc1ccc(C#N)c([N+](=O)[O-])c1. The zero-order chi connectivity index (χ0) is 10.6. The van der Waals surface area contributed by atoms with Crippen LogP contribution in [-0.4, -0.2) is 11.5 Å². The van der Waals surface area contributed by atoms with Gasteiger partial charge in [0.05, 0.1) is 17.6 Å². The highest BCUT2D eigenvalue weighted by Crippen LogP contribution is 2.23. The van der Waals surface area contributed by atoms with Crippen LogP contribution in [0, 0.1) is 21.4 Å². The summed E-state index contributed by atoms with van der Waals surface area (Å²) in [6.45, 7) is 2.22. The summed E-state index contributed by atoms with van der Waals surface area (Å²) >= 11 is 0. The summed E-state index contributed by atoms with van der Waals surface area (Å²) in [6, 6.07) is 5.92. The maximum Gasteiger partial charge on any atom is 0.290 e. The van der Waals surface area contributed by atoms with Gasteiger partial charge in [-0.3, -0.25) is 10.1 Å². The first-order valence-electron chi connectivity index (χ1n) is 4.00. The van der Waals surface area contributed by atoms with Crippen molar-refractivity contribution in [2.45, 2.75) is 6.92 Å². The fourth-order valence-electron chi connectivity index (χ4n) is 1.01. The minimum atomic E-state index is -0.596. The molecule has 0 saturated carbocycles. The molecular formula is C9H8N2O3. The molecule has 0 aliphatic heterocycles. The van der Waals surface area contributed by atoms with E-state index in [1.54, 1.807) is 13.0 Å². The molecule has 0 amide bonds. The first kappa shape index (κ1) is 9.99. The van der Waals surface area contributed by atoms with Crippen molar-refractivity contribution in [3.05, 3.63) is 33.9 Å². The second-order valence-electron chi connectivity index (χ2n) is 2.48. The molecule has 14 heavy (non-hydrogen) atoms. The average molecular weight is 192 g/mol. The summed E-state index contributed by atoms with van der Waals surface area (Å²) in [7, 11) is 0. The molecule has 0 fully saturated rings. The van der Waals surface area contributed by atoms with Crippen LogP contribution in [0.4, 0.5) is 5.69 Å². The third kappa shape index (κ3) is 1.98. The lowest BCUT2D eigenvalue weighted by molar-refractivity contribution is -0.385. The topological polar surface area (TPSA) is 76.2 Å². The molecule has 0 unspecified atom stereocenters. The van der Waals surface area contributed by atoms with E-state index in [-0.39, 0.29) is 11.3 Å². The normalized spacial score (nSPS) is 9.14. The molecule has 5 heteroatoms. The van der Waals surface area contributed by atoms with Crippen molar-refractivity contribution in [1.82, 2.24) is 0 Å². The molecule has 1 rings (SSSR count). The van der Waals surface area contributed by atoms with Gasteiger partial charge in [0.1, 0.15) is 17.4 Å². The number of nitro groups is 1. The summed E-state index contributed by atoms with van der Waals surface area (Å²) in [5.74, 6) is 0.401. The maximum absolute atomic E-state index is 10.5. The van der Waals surface area contributed by atoms with Crippen LogP contribution in [-0.2, 0) is 0 Å². The van der Waals surface area contributed by atoms with Crippen LogP contribution in [0.2, 0.25) is 0 Å². The Morgan fingerprint density at radius 1 is 1.64 bits per heavy atom. The summed E-state index contributed by atoms with van der Waals surface area (Å²) < 4.78 is 5.08. The minimum absolute atomic E-state index is 0.0402. The number of benzene rings is 1. The fraction of sp³-hybridized carbons (Fsp3) is 0.222. The van der Waals surface area contributed by atoms with Gasteiger partial charge in [0.25, 0.3) is 5.69 Å². The largest absolute Gasteiger partial charge is 0.494 e. The first-order valence-corrected chi connectivity index (χ1v) is 4.00. The monoisotopic (exact) mass is 192 g/mol. The van der Waals surface area contributed by atoms with E-state index in [4.69, 9.17) is 10.00 Å². The summed E-state index contributed by atoms with van der Waals surface area (Å²) in [4.78, 5) is 9.94. The number of hydrogen-bond acceptors (Lipinski definition) is 4. The lowest BCUT2D eigenvalue weighted by atomic mass is 10.2. The van der Waals surface area contributed by atoms with Crippen molar-refractivity contribution in [3.63, 3.8) is 0 Å². The van der Waals surface area contributed by atoms with E-state index >= 15 is 0 Å². The van der Waals surface area contributed by atoms with E-state index in [0.29, 0.717) is 12.4 Å². The van der Waals surface area contributed by atoms with Gasteiger partial charge in [0.2, 0.25) is 0 Å². The average Bonchev–Trinajstić information content (AvgIpc) is 2.18. The van der Waals surface area contributed by atoms with Gasteiger partial charge >= 0.3 is 0 Å². The van der Waals surface area contributed by atoms with Crippen LogP contribution in [0.5, 0.6) is 5.75 Å². The van der Waals surface area contributed by atoms with Gasteiger partial charge in [0, 0.05) is 0 Å². The summed E-state index contributed by atoms with van der Waals surface area (Å²) in [5, 5.41) is 19.1. The van der Waals surface area contributed by atoms with E-state index in [2.05, 4.69) is 0 Å². The molecular weight excluding hydrogens is 184 g/mol. The molecule has 0 spiro atoms. The van der Waals surface area contributed by atoms with Crippen molar-refractivity contribution in [3.8, 4) is 11.8 Å². The number of nitro benzene ring substituents is 1. The highest BCUT2D eigenvalue weighted by atomic mass is 16.6. The summed E-state index contributed by atoms with van der Waals surface area (Å²) in [5.41, 5.74) is -0.183. The molecule has 5 nitrogen and oxygen atoms in total. The zero-order valence-corrected chi connectivity index (χ0v) is 7.56. The van der Waals surface area contributed by atoms with Gasteiger partial charge < -0.3 is 4.74 Å². The second-order valence-corrected chi connectivity index (χ2v) is 2.48. The second kappa shape index (κ2) is 4.23. The number of hydrogen-bond donors (Lipinski definition) is 0. The predicted molar refractivity (Wildman–Crippen MR) is 49.0 cm³/mol. The third-order valence-electron chi connectivity index (χ3n) is 1.60. The van der Waals surface area contributed by atoms with E-state index in [9.17, 15) is 10.1 Å². The van der Waals surface area contributed by atoms with Crippen LogP contribution in [0.1, 0.15) is 12.5 Å². The van der Waals surface area contributed by atoms with Crippen molar-refractivity contribution in [1.29, 1.82) is 5.26 Å². The van der Waals surface area contributed by atoms with E-state index in [0.717, 1.165) is 0 Å². The van der Waals surface area contributed by atoms with Gasteiger partial charge in [-0.25, -0.2) is 0 Å². The molecule has 1 aromatic rings. The number of nitriles is 1.